The van der Waals surface area contributed by atoms with Crippen molar-refractivity contribution in [2.75, 3.05) is 88.9 Å². The van der Waals surface area contributed by atoms with E-state index >= 15 is 0 Å². The number of aromatic amines is 1. The molecule has 13 heteroatoms. The molecule has 0 saturated carbocycles. The van der Waals surface area contributed by atoms with Crippen LogP contribution in [0.3, 0.4) is 0 Å². The van der Waals surface area contributed by atoms with Crippen molar-refractivity contribution in [3.05, 3.63) is 54.3 Å². The van der Waals surface area contributed by atoms with Crippen LogP contribution in [0.2, 0.25) is 0 Å². The Balaban J connectivity index is 1.05. The summed E-state index contributed by atoms with van der Waals surface area (Å²) in [5.74, 6) is 0.115. The number of anilines is 2. The molecule has 0 aliphatic carbocycles. The van der Waals surface area contributed by atoms with Crippen molar-refractivity contribution in [3.63, 3.8) is 0 Å². The number of likely N-dealkylation sites (tertiary alicyclic amines) is 1. The normalized spacial score (nSPS) is 21.6. The molecule has 0 bridgehead atoms. The number of amides is 2. The van der Waals surface area contributed by atoms with Gasteiger partial charge in [-0.3, -0.25) is 29.5 Å². The van der Waals surface area contributed by atoms with E-state index in [2.05, 4.69) is 40.2 Å². The largest absolute Gasteiger partial charge is 0.379 e. The molecule has 0 radical (unpaired) electrons. The number of carbonyl (C=O) groups excluding carboxylic acids is 2. The third-order valence-corrected chi connectivity index (χ3v) is 9.83. The lowest BCUT2D eigenvalue weighted by molar-refractivity contribution is -0.133. The number of aromatic nitrogens is 4. The number of morpholine rings is 1. The number of H-pyrrole nitrogens is 1. The molecule has 2 N–H and O–H groups in total. The fraction of sp³-hybridized carbons (Fsp3) is 0.452. The van der Waals surface area contributed by atoms with Crippen molar-refractivity contribution in [1.29, 1.82) is 0 Å². The maximum atomic E-state index is 14.2. The first-order chi connectivity index (χ1) is 21.6. The standard InChI is InChI=1S/C31H37N9O3S/c41-27(39-10-12-40(13-11-39)30-33-8-18-44-30)20-38-9-5-31(22-38,21-37-14-16-43-17-15-37)29(42)34-24-1-2-26-25(19-24)28(36-35-26)23-3-6-32-7-4-23/h1-4,6-8,18-19H,5,9-17,20-22H2,(H,34,42)(H,35,36). The van der Waals surface area contributed by atoms with Gasteiger partial charge >= 0.3 is 0 Å². The Morgan fingerprint density at radius 1 is 0.977 bits per heavy atom. The zero-order valence-corrected chi connectivity index (χ0v) is 25.5. The molecule has 3 aliphatic rings. The van der Waals surface area contributed by atoms with Crippen LogP contribution >= 0.6 is 11.3 Å². The van der Waals surface area contributed by atoms with Crippen LogP contribution in [0.5, 0.6) is 0 Å². The molecule has 44 heavy (non-hydrogen) atoms. The highest BCUT2D eigenvalue weighted by Crippen LogP contribution is 2.35. The molecule has 1 atom stereocenters. The Hall–Kier alpha value is -3.91. The average molecular weight is 616 g/mol. The van der Waals surface area contributed by atoms with Crippen molar-refractivity contribution in [2.45, 2.75) is 6.42 Å². The van der Waals surface area contributed by atoms with Crippen LogP contribution in [0.15, 0.2) is 54.3 Å². The minimum absolute atomic E-state index is 0.00990. The van der Waals surface area contributed by atoms with Crippen molar-refractivity contribution in [3.8, 4) is 11.3 Å². The Morgan fingerprint density at radius 2 is 1.80 bits per heavy atom. The number of pyridine rings is 1. The van der Waals surface area contributed by atoms with E-state index in [4.69, 9.17) is 4.74 Å². The van der Waals surface area contributed by atoms with E-state index in [0.29, 0.717) is 58.9 Å². The number of carbonyl (C=O) groups is 2. The number of benzene rings is 1. The highest BCUT2D eigenvalue weighted by Gasteiger charge is 2.46. The lowest BCUT2D eigenvalue weighted by Gasteiger charge is -2.37. The zero-order chi connectivity index (χ0) is 29.9. The van der Waals surface area contributed by atoms with Crippen molar-refractivity contribution in [2.24, 2.45) is 5.41 Å². The number of nitrogens with zero attached hydrogens (tertiary/aromatic N) is 7. The summed E-state index contributed by atoms with van der Waals surface area (Å²) in [7, 11) is 0. The van der Waals surface area contributed by atoms with Gasteiger partial charge in [-0.2, -0.15) is 5.10 Å². The van der Waals surface area contributed by atoms with Gasteiger partial charge in [0.15, 0.2) is 5.13 Å². The number of hydrogen-bond donors (Lipinski definition) is 2. The smallest absolute Gasteiger partial charge is 0.236 e. The van der Waals surface area contributed by atoms with E-state index in [-0.39, 0.29) is 11.8 Å². The second kappa shape index (κ2) is 12.6. The van der Waals surface area contributed by atoms with Crippen LogP contribution in [0.4, 0.5) is 10.8 Å². The maximum absolute atomic E-state index is 14.2. The molecule has 2 amide bonds. The van der Waals surface area contributed by atoms with E-state index < -0.39 is 5.41 Å². The van der Waals surface area contributed by atoms with Gasteiger partial charge in [-0.05, 0) is 43.3 Å². The van der Waals surface area contributed by atoms with Crippen LogP contribution in [-0.2, 0) is 14.3 Å². The molecule has 230 valence electrons. The highest BCUT2D eigenvalue weighted by atomic mass is 32.1. The van der Waals surface area contributed by atoms with Gasteiger partial charge in [-0.15, -0.1) is 11.3 Å². The maximum Gasteiger partial charge on any atom is 0.236 e. The predicted octanol–water partition coefficient (Wildman–Crippen LogP) is 2.39. The van der Waals surface area contributed by atoms with Crippen LogP contribution in [0.1, 0.15) is 6.42 Å². The van der Waals surface area contributed by atoms with Crippen LogP contribution in [0.25, 0.3) is 22.2 Å². The Kier molecular flexibility index (Phi) is 8.26. The molecule has 3 aliphatic heterocycles. The van der Waals surface area contributed by atoms with Crippen LogP contribution in [0, 0.1) is 5.41 Å². The topological polar surface area (TPSA) is 123 Å². The first-order valence-corrected chi connectivity index (χ1v) is 16.1. The lowest BCUT2D eigenvalue weighted by atomic mass is 9.85. The molecule has 1 aromatic carbocycles. The molecule has 3 saturated heterocycles. The Morgan fingerprint density at radius 3 is 2.57 bits per heavy atom. The lowest BCUT2D eigenvalue weighted by Crippen LogP contribution is -2.52. The molecule has 12 nitrogen and oxygen atoms in total. The van der Waals surface area contributed by atoms with Crippen molar-refractivity contribution in [1.82, 2.24) is 34.9 Å². The van der Waals surface area contributed by atoms with Gasteiger partial charge in [-0.25, -0.2) is 4.98 Å². The second-order valence-electron chi connectivity index (χ2n) is 11.8. The van der Waals surface area contributed by atoms with Gasteiger partial charge < -0.3 is 19.9 Å². The monoisotopic (exact) mass is 615 g/mol. The number of hydrogen-bond acceptors (Lipinski definition) is 10. The summed E-state index contributed by atoms with van der Waals surface area (Å²) in [6.45, 7) is 8.07. The van der Waals surface area contributed by atoms with Crippen LogP contribution in [-0.4, -0.2) is 125 Å². The quantitative estimate of drug-likeness (QED) is 0.308. The third-order valence-electron chi connectivity index (χ3n) is 9.00. The van der Waals surface area contributed by atoms with Gasteiger partial charge in [0.2, 0.25) is 11.8 Å². The van der Waals surface area contributed by atoms with E-state index in [0.717, 1.165) is 59.2 Å². The Labute approximate surface area is 260 Å². The molecule has 6 heterocycles. The summed E-state index contributed by atoms with van der Waals surface area (Å²) in [5.41, 5.74) is 2.77. The zero-order valence-electron chi connectivity index (χ0n) is 24.7. The molecule has 3 fully saturated rings. The van der Waals surface area contributed by atoms with E-state index in [1.807, 2.05) is 46.8 Å². The number of fused-ring (bicyclic) bond motifs is 1. The van der Waals surface area contributed by atoms with E-state index in [9.17, 15) is 9.59 Å². The summed E-state index contributed by atoms with van der Waals surface area (Å²) < 4.78 is 5.58. The predicted molar refractivity (Wildman–Crippen MR) is 170 cm³/mol. The fourth-order valence-electron chi connectivity index (χ4n) is 6.56. The van der Waals surface area contributed by atoms with Crippen molar-refractivity contribution < 1.29 is 14.3 Å². The average Bonchev–Trinajstić information content (AvgIpc) is 3.83. The van der Waals surface area contributed by atoms with E-state index in [1.54, 1.807) is 23.7 Å². The van der Waals surface area contributed by atoms with Gasteiger partial charge in [0.25, 0.3) is 0 Å². The fourth-order valence-corrected chi connectivity index (χ4v) is 7.26. The third kappa shape index (κ3) is 6.05. The number of thiazole rings is 1. The molecule has 7 rings (SSSR count). The van der Waals surface area contributed by atoms with Crippen molar-refractivity contribution >= 4 is 44.9 Å². The summed E-state index contributed by atoms with van der Waals surface area (Å²) in [4.78, 5) is 44.8. The number of piperazine rings is 1. The molecule has 4 aromatic rings. The number of ether oxygens (including phenoxy) is 1. The van der Waals surface area contributed by atoms with Gasteiger partial charge in [0.1, 0.15) is 5.69 Å². The summed E-state index contributed by atoms with van der Waals surface area (Å²) in [6, 6.07) is 9.70. The van der Waals surface area contributed by atoms with E-state index in [1.165, 1.54) is 0 Å². The summed E-state index contributed by atoms with van der Waals surface area (Å²) >= 11 is 1.63. The van der Waals surface area contributed by atoms with Crippen LogP contribution < -0.4 is 10.2 Å². The molecule has 0 spiro atoms. The summed E-state index contributed by atoms with van der Waals surface area (Å²) in [6.07, 6.45) is 6.00. The number of nitrogens with one attached hydrogen (secondary N) is 2. The second-order valence-corrected chi connectivity index (χ2v) is 12.7. The summed E-state index contributed by atoms with van der Waals surface area (Å²) in [5, 5.41) is 14.8. The number of rotatable bonds is 8. The highest BCUT2D eigenvalue weighted by molar-refractivity contribution is 7.13. The molecule has 3 aromatic heterocycles. The first-order valence-electron chi connectivity index (χ1n) is 15.2. The van der Waals surface area contributed by atoms with Gasteiger partial charge in [-0.1, -0.05) is 0 Å². The molecular formula is C31H37N9O3S. The SMILES string of the molecule is O=C(CN1CCC(CN2CCOCC2)(C(=O)Nc2ccc3[nH]nc(-c4ccncc4)c3c2)C1)N1CCN(c2nccs2)CC1. The Bertz CT molecular complexity index is 1580. The molecule has 1 unspecified atom stereocenters. The minimum atomic E-state index is -0.638. The molecular weight excluding hydrogens is 578 g/mol. The first kappa shape index (κ1) is 28.8. The van der Waals surface area contributed by atoms with Gasteiger partial charge in [0.05, 0.1) is 30.7 Å². The minimum Gasteiger partial charge on any atom is -0.379 e. The van der Waals surface area contributed by atoms with Gasteiger partial charge in [0, 0.05) is 93.0 Å².